The van der Waals surface area contributed by atoms with Gasteiger partial charge in [-0.15, -0.1) is 0 Å². The van der Waals surface area contributed by atoms with Crippen LogP contribution in [0, 0.1) is 3.70 Å². The fourth-order valence-electron chi connectivity index (χ4n) is 0.950. The Kier molecular flexibility index (Phi) is 3.36. The maximum absolute atomic E-state index is 12.4. The van der Waals surface area contributed by atoms with Crippen molar-refractivity contribution in [1.82, 2.24) is 4.98 Å². The predicted octanol–water partition coefficient (Wildman–Crippen LogP) is 3.22. The van der Waals surface area contributed by atoms with E-state index in [-0.39, 0.29) is 3.70 Å². The monoisotopic (exact) mass is 338 g/mol. The molecule has 0 unspecified atom stereocenters. The van der Waals surface area contributed by atoms with Crippen LogP contribution in [0.25, 0.3) is 0 Å². The molecule has 8 heteroatoms. The summed E-state index contributed by atoms with van der Waals surface area (Å²) in [6, 6.07) is 0. The highest BCUT2D eigenvalue weighted by Gasteiger charge is 2.36. The van der Waals surface area contributed by atoms with Crippen molar-refractivity contribution in [2.75, 3.05) is 5.73 Å². The second-order valence-corrected chi connectivity index (χ2v) is 3.61. The maximum Gasteiger partial charge on any atom is 0.419 e. The molecule has 0 aliphatic carbocycles. The van der Waals surface area contributed by atoms with Crippen LogP contribution in [-0.2, 0) is 6.18 Å². The summed E-state index contributed by atoms with van der Waals surface area (Å²) in [5, 5.41) is 0. The summed E-state index contributed by atoms with van der Waals surface area (Å²) in [4.78, 5) is 3.23. The van der Waals surface area contributed by atoms with E-state index in [1.807, 2.05) is 0 Å². The van der Waals surface area contributed by atoms with Gasteiger partial charge in [0, 0.05) is 6.20 Å². The van der Waals surface area contributed by atoms with E-state index in [0.717, 1.165) is 0 Å². The first-order chi connectivity index (χ1) is 6.75. The molecule has 0 bridgehead atoms. The minimum absolute atomic E-state index is 0.229. The standard InChI is InChI=1S/C7H4F5IN2/c8-5(9)3-4(14)2(7(10,11)12)1-15-6(3)13/h1,5H,(H2,14,15). The summed E-state index contributed by atoms with van der Waals surface area (Å²) in [5.74, 6) is 0. The van der Waals surface area contributed by atoms with Gasteiger partial charge in [0.25, 0.3) is 6.43 Å². The number of anilines is 1. The van der Waals surface area contributed by atoms with Crippen LogP contribution < -0.4 is 5.73 Å². The fraction of sp³-hybridized carbons (Fsp3) is 0.286. The number of pyridine rings is 1. The molecule has 0 aliphatic heterocycles. The van der Waals surface area contributed by atoms with Gasteiger partial charge in [-0.25, -0.2) is 13.8 Å². The van der Waals surface area contributed by atoms with Crippen LogP contribution >= 0.6 is 22.6 Å². The Bertz CT molecular complexity index is 376. The summed E-state index contributed by atoms with van der Waals surface area (Å²) in [6.07, 6.45) is -7.40. The largest absolute Gasteiger partial charge is 0.419 e. The molecule has 0 atom stereocenters. The summed E-state index contributed by atoms with van der Waals surface area (Å²) < 4.78 is 61.3. The number of alkyl halides is 5. The Hall–Kier alpha value is -0.670. The van der Waals surface area contributed by atoms with Crippen molar-refractivity contribution in [3.8, 4) is 0 Å². The van der Waals surface area contributed by atoms with E-state index >= 15 is 0 Å². The number of hydrogen-bond acceptors (Lipinski definition) is 2. The van der Waals surface area contributed by atoms with Crippen molar-refractivity contribution in [3.63, 3.8) is 0 Å². The third-order valence-electron chi connectivity index (χ3n) is 1.63. The number of halogens is 6. The molecule has 2 N–H and O–H groups in total. The van der Waals surface area contributed by atoms with E-state index in [9.17, 15) is 22.0 Å². The molecule has 1 aromatic heterocycles. The lowest BCUT2D eigenvalue weighted by Crippen LogP contribution is -2.13. The highest BCUT2D eigenvalue weighted by molar-refractivity contribution is 14.1. The minimum atomic E-state index is -4.77. The van der Waals surface area contributed by atoms with Gasteiger partial charge in [0.15, 0.2) is 0 Å². The van der Waals surface area contributed by atoms with Crippen molar-refractivity contribution >= 4 is 28.3 Å². The van der Waals surface area contributed by atoms with Crippen LogP contribution in [0.1, 0.15) is 17.6 Å². The van der Waals surface area contributed by atoms with Gasteiger partial charge in [0.05, 0.1) is 16.8 Å². The molecule has 2 nitrogen and oxygen atoms in total. The molecular formula is C7H4F5IN2. The first-order valence-corrected chi connectivity index (χ1v) is 4.62. The van der Waals surface area contributed by atoms with Crippen LogP contribution in [-0.4, -0.2) is 4.98 Å². The van der Waals surface area contributed by atoms with Crippen LogP contribution in [0.4, 0.5) is 27.6 Å². The third kappa shape index (κ3) is 2.47. The van der Waals surface area contributed by atoms with Gasteiger partial charge in [-0.05, 0) is 22.6 Å². The lowest BCUT2D eigenvalue weighted by molar-refractivity contribution is -0.137. The van der Waals surface area contributed by atoms with Gasteiger partial charge >= 0.3 is 6.18 Å². The number of hydrogen-bond donors (Lipinski definition) is 1. The first-order valence-electron chi connectivity index (χ1n) is 3.54. The van der Waals surface area contributed by atoms with Crippen LogP contribution in [0.2, 0.25) is 0 Å². The quantitative estimate of drug-likeness (QED) is 0.485. The van der Waals surface area contributed by atoms with E-state index in [2.05, 4.69) is 4.98 Å². The SMILES string of the molecule is Nc1c(C(F)(F)F)cnc(I)c1C(F)F. The Labute approximate surface area is 94.8 Å². The molecule has 1 rings (SSSR count). The topological polar surface area (TPSA) is 38.9 Å². The Morgan fingerprint density at radius 1 is 1.33 bits per heavy atom. The summed E-state index contributed by atoms with van der Waals surface area (Å²) in [6.45, 7) is 0. The average Bonchev–Trinajstić information content (AvgIpc) is 2.00. The van der Waals surface area contributed by atoms with E-state index in [1.165, 1.54) is 22.6 Å². The van der Waals surface area contributed by atoms with Gasteiger partial charge < -0.3 is 5.73 Å². The van der Waals surface area contributed by atoms with Crippen LogP contribution in [0.15, 0.2) is 6.20 Å². The highest BCUT2D eigenvalue weighted by Crippen LogP contribution is 2.38. The second-order valence-electron chi connectivity index (χ2n) is 2.59. The summed E-state index contributed by atoms with van der Waals surface area (Å²) in [5.41, 5.74) is 1.86. The third-order valence-corrected chi connectivity index (χ3v) is 2.49. The molecule has 0 saturated carbocycles. The predicted molar refractivity (Wildman–Crippen MR) is 51.3 cm³/mol. The van der Waals surface area contributed by atoms with Gasteiger partial charge in [-0.3, -0.25) is 0 Å². The van der Waals surface area contributed by atoms with Crippen molar-refractivity contribution in [2.45, 2.75) is 12.6 Å². The number of nitrogens with zero attached hydrogens (tertiary/aromatic N) is 1. The lowest BCUT2D eigenvalue weighted by atomic mass is 10.1. The molecule has 1 heterocycles. The number of nitrogen functional groups attached to an aromatic ring is 1. The molecule has 0 fully saturated rings. The zero-order valence-corrected chi connectivity index (χ0v) is 9.10. The molecule has 84 valence electrons. The molecule has 0 saturated heterocycles. The number of rotatable bonds is 1. The van der Waals surface area contributed by atoms with E-state index in [4.69, 9.17) is 5.73 Å². The first kappa shape index (κ1) is 12.4. The number of aromatic nitrogens is 1. The molecule has 0 radical (unpaired) electrons. The molecule has 0 aromatic carbocycles. The van der Waals surface area contributed by atoms with Gasteiger partial charge in [0.2, 0.25) is 0 Å². The Morgan fingerprint density at radius 3 is 2.27 bits per heavy atom. The van der Waals surface area contributed by atoms with Gasteiger partial charge in [-0.1, -0.05) is 0 Å². The number of nitrogens with two attached hydrogens (primary N) is 1. The normalized spacial score (nSPS) is 12.2. The van der Waals surface area contributed by atoms with E-state index < -0.39 is 29.4 Å². The molecule has 0 spiro atoms. The van der Waals surface area contributed by atoms with Gasteiger partial charge in [0.1, 0.15) is 3.70 Å². The zero-order valence-electron chi connectivity index (χ0n) is 6.95. The Morgan fingerprint density at radius 2 is 1.87 bits per heavy atom. The van der Waals surface area contributed by atoms with Crippen LogP contribution in [0.3, 0.4) is 0 Å². The zero-order chi connectivity index (χ0) is 11.8. The van der Waals surface area contributed by atoms with E-state index in [1.54, 1.807) is 0 Å². The van der Waals surface area contributed by atoms with Crippen molar-refractivity contribution in [3.05, 3.63) is 21.0 Å². The smallest absolute Gasteiger partial charge is 0.398 e. The molecule has 0 aliphatic rings. The van der Waals surface area contributed by atoms with E-state index in [0.29, 0.717) is 6.20 Å². The molecule has 0 amide bonds. The van der Waals surface area contributed by atoms with Crippen molar-refractivity contribution in [1.29, 1.82) is 0 Å². The second kappa shape index (κ2) is 4.06. The lowest BCUT2D eigenvalue weighted by Gasteiger charge is -2.13. The molecule has 1 aromatic rings. The Balaban J connectivity index is 3.42. The van der Waals surface area contributed by atoms with Gasteiger partial charge in [-0.2, -0.15) is 13.2 Å². The highest BCUT2D eigenvalue weighted by atomic mass is 127. The summed E-state index contributed by atoms with van der Waals surface area (Å²) >= 11 is 1.41. The van der Waals surface area contributed by atoms with Crippen molar-refractivity contribution < 1.29 is 22.0 Å². The average molecular weight is 338 g/mol. The maximum atomic E-state index is 12.4. The van der Waals surface area contributed by atoms with Crippen molar-refractivity contribution in [2.24, 2.45) is 0 Å². The van der Waals surface area contributed by atoms with Crippen LogP contribution in [0.5, 0.6) is 0 Å². The molecular weight excluding hydrogens is 334 g/mol. The minimum Gasteiger partial charge on any atom is -0.398 e. The molecule has 15 heavy (non-hydrogen) atoms. The fourth-order valence-corrected chi connectivity index (χ4v) is 1.62. The summed E-state index contributed by atoms with van der Waals surface area (Å²) in [7, 11) is 0.